The van der Waals surface area contributed by atoms with Gasteiger partial charge < -0.3 is 14.9 Å². The number of phenols is 1. The van der Waals surface area contributed by atoms with E-state index in [-0.39, 0.29) is 11.3 Å². The van der Waals surface area contributed by atoms with Crippen molar-refractivity contribution in [2.24, 2.45) is 0 Å². The van der Waals surface area contributed by atoms with E-state index in [9.17, 15) is 15.0 Å². The molecule has 0 radical (unpaired) electrons. The molecule has 0 heterocycles. The molecule has 1 aliphatic carbocycles. The second-order valence-corrected chi connectivity index (χ2v) is 4.27. The summed E-state index contributed by atoms with van der Waals surface area (Å²) in [4.78, 5) is 11.2. The maximum Gasteiger partial charge on any atom is 0.339 e. The molecule has 4 nitrogen and oxygen atoms in total. The Balaban J connectivity index is 2.39. The Morgan fingerprint density at radius 3 is 2.76 bits per heavy atom. The van der Waals surface area contributed by atoms with Crippen molar-refractivity contribution in [1.82, 2.24) is 0 Å². The van der Waals surface area contributed by atoms with Gasteiger partial charge in [0.2, 0.25) is 0 Å². The fourth-order valence-corrected chi connectivity index (χ4v) is 2.29. The number of methoxy groups -OCH3 is 1. The quantitative estimate of drug-likeness (QED) is 0.763. The number of hydrogen-bond acceptors (Lipinski definition) is 4. The number of carbonyl (C=O) groups is 1. The maximum atomic E-state index is 11.2. The zero-order valence-electron chi connectivity index (χ0n) is 9.77. The third-order valence-corrected chi connectivity index (χ3v) is 3.25. The van der Waals surface area contributed by atoms with Crippen molar-refractivity contribution in [2.45, 2.75) is 31.8 Å². The molecule has 1 aromatic rings. The molecule has 0 saturated carbocycles. The van der Waals surface area contributed by atoms with Gasteiger partial charge in [-0.05, 0) is 36.8 Å². The van der Waals surface area contributed by atoms with Crippen molar-refractivity contribution in [1.29, 1.82) is 0 Å². The standard InChI is InChI=1S/C13H16O4/c1-17-13(16)12(15)10-7-6-8-4-2-3-5-9(8)11(10)14/h6-7,12,14-15H,2-5H2,1H3. The van der Waals surface area contributed by atoms with Crippen LogP contribution < -0.4 is 0 Å². The van der Waals surface area contributed by atoms with Crippen LogP contribution in [0.25, 0.3) is 0 Å². The van der Waals surface area contributed by atoms with Crippen LogP contribution in [0.2, 0.25) is 0 Å². The van der Waals surface area contributed by atoms with E-state index in [0.29, 0.717) is 0 Å². The van der Waals surface area contributed by atoms with E-state index >= 15 is 0 Å². The van der Waals surface area contributed by atoms with Crippen LogP contribution in [0.1, 0.15) is 35.6 Å². The molecule has 4 heteroatoms. The molecule has 0 amide bonds. The fourth-order valence-electron chi connectivity index (χ4n) is 2.29. The van der Waals surface area contributed by atoms with Crippen LogP contribution in [0.3, 0.4) is 0 Å². The summed E-state index contributed by atoms with van der Waals surface area (Å²) in [6.07, 6.45) is 2.47. The first-order valence-electron chi connectivity index (χ1n) is 5.74. The molecular formula is C13H16O4. The number of benzene rings is 1. The van der Waals surface area contributed by atoms with Crippen LogP contribution in [0, 0.1) is 0 Å². The fraction of sp³-hybridized carbons (Fsp3) is 0.462. The molecular weight excluding hydrogens is 220 g/mol. The molecule has 1 atom stereocenters. The van der Waals surface area contributed by atoms with Crippen LogP contribution in [-0.2, 0) is 22.4 Å². The largest absolute Gasteiger partial charge is 0.507 e. The van der Waals surface area contributed by atoms with Gasteiger partial charge >= 0.3 is 5.97 Å². The summed E-state index contributed by atoms with van der Waals surface area (Å²) < 4.78 is 4.47. The van der Waals surface area contributed by atoms with Gasteiger partial charge in [0.15, 0.2) is 6.10 Å². The SMILES string of the molecule is COC(=O)C(O)c1ccc2c(c1O)CCCC2. The van der Waals surface area contributed by atoms with E-state index in [0.717, 1.165) is 36.8 Å². The number of fused-ring (bicyclic) bond motifs is 1. The van der Waals surface area contributed by atoms with Crippen molar-refractivity contribution < 1.29 is 19.7 Å². The van der Waals surface area contributed by atoms with Gasteiger partial charge in [-0.25, -0.2) is 4.79 Å². The number of aliphatic hydroxyl groups excluding tert-OH is 1. The Bertz CT molecular complexity index is 439. The molecule has 1 aliphatic rings. The number of phenolic OH excluding ortho intramolecular Hbond substituents is 1. The first kappa shape index (κ1) is 11.9. The van der Waals surface area contributed by atoms with Gasteiger partial charge in [0.05, 0.1) is 7.11 Å². The highest BCUT2D eigenvalue weighted by molar-refractivity contribution is 5.77. The summed E-state index contributed by atoms with van der Waals surface area (Å²) in [6.45, 7) is 0. The van der Waals surface area contributed by atoms with E-state index in [2.05, 4.69) is 4.74 Å². The molecule has 92 valence electrons. The lowest BCUT2D eigenvalue weighted by atomic mass is 9.88. The number of hydrogen-bond donors (Lipinski definition) is 2. The molecule has 1 aromatic carbocycles. The first-order valence-corrected chi connectivity index (χ1v) is 5.74. The highest BCUT2D eigenvalue weighted by Crippen LogP contribution is 2.35. The van der Waals surface area contributed by atoms with Crippen LogP contribution >= 0.6 is 0 Å². The molecule has 0 aliphatic heterocycles. The molecule has 2 rings (SSSR count). The van der Waals surface area contributed by atoms with Crippen LogP contribution in [0.15, 0.2) is 12.1 Å². The van der Waals surface area contributed by atoms with Crippen LogP contribution in [0.4, 0.5) is 0 Å². The van der Waals surface area contributed by atoms with Crippen molar-refractivity contribution in [3.05, 3.63) is 28.8 Å². The average Bonchev–Trinajstić information content (AvgIpc) is 2.38. The van der Waals surface area contributed by atoms with E-state index in [1.165, 1.54) is 7.11 Å². The summed E-state index contributed by atoms with van der Waals surface area (Å²) in [5.41, 5.74) is 2.20. The number of rotatable bonds is 2. The molecule has 0 saturated heterocycles. The molecule has 0 aromatic heterocycles. The Morgan fingerprint density at radius 1 is 1.35 bits per heavy atom. The monoisotopic (exact) mass is 236 g/mol. The van der Waals surface area contributed by atoms with Crippen molar-refractivity contribution in [3.8, 4) is 5.75 Å². The van der Waals surface area contributed by atoms with E-state index in [4.69, 9.17) is 0 Å². The average molecular weight is 236 g/mol. The molecule has 17 heavy (non-hydrogen) atoms. The highest BCUT2D eigenvalue weighted by Gasteiger charge is 2.24. The molecule has 0 spiro atoms. The Kier molecular flexibility index (Phi) is 3.33. The second-order valence-electron chi connectivity index (χ2n) is 4.27. The first-order chi connectivity index (χ1) is 8.15. The van der Waals surface area contributed by atoms with Crippen LogP contribution in [0.5, 0.6) is 5.75 Å². The predicted molar refractivity (Wildman–Crippen MR) is 61.7 cm³/mol. The van der Waals surface area contributed by atoms with Gasteiger partial charge in [0.1, 0.15) is 5.75 Å². The minimum absolute atomic E-state index is 0.0418. The van der Waals surface area contributed by atoms with Gasteiger partial charge in [-0.2, -0.15) is 0 Å². The summed E-state index contributed by atoms with van der Waals surface area (Å²) >= 11 is 0. The zero-order chi connectivity index (χ0) is 12.4. The molecule has 2 N–H and O–H groups in total. The van der Waals surface area contributed by atoms with Gasteiger partial charge in [0.25, 0.3) is 0 Å². The molecule has 0 bridgehead atoms. The van der Waals surface area contributed by atoms with Gasteiger partial charge in [0, 0.05) is 5.56 Å². The third-order valence-electron chi connectivity index (χ3n) is 3.25. The number of carbonyl (C=O) groups excluding carboxylic acids is 1. The number of aryl methyl sites for hydroxylation is 1. The number of ether oxygens (including phenoxy) is 1. The highest BCUT2D eigenvalue weighted by atomic mass is 16.5. The summed E-state index contributed by atoms with van der Waals surface area (Å²) in [5, 5.41) is 19.8. The van der Waals surface area contributed by atoms with E-state index < -0.39 is 12.1 Å². The van der Waals surface area contributed by atoms with Crippen molar-refractivity contribution >= 4 is 5.97 Å². The topological polar surface area (TPSA) is 66.8 Å². The number of esters is 1. The Hall–Kier alpha value is -1.55. The second kappa shape index (κ2) is 4.75. The lowest BCUT2D eigenvalue weighted by Gasteiger charge is -2.20. The van der Waals surface area contributed by atoms with Gasteiger partial charge in [-0.3, -0.25) is 0 Å². The minimum atomic E-state index is -1.41. The summed E-state index contributed by atoms with van der Waals surface area (Å²) in [7, 11) is 1.21. The van der Waals surface area contributed by atoms with Crippen molar-refractivity contribution in [2.75, 3.05) is 7.11 Å². The van der Waals surface area contributed by atoms with Crippen LogP contribution in [-0.4, -0.2) is 23.3 Å². The maximum absolute atomic E-state index is 11.2. The summed E-state index contributed by atoms with van der Waals surface area (Å²) in [5.74, 6) is -0.712. The van der Waals surface area contributed by atoms with Gasteiger partial charge in [-0.15, -0.1) is 0 Å². The molecule has 1 unspecified atom stereocenters. The van der Waals surface area contributed by atoms with Gasteiger partial charge in [-0.1, -0.05) is 12.1 Å². The summed E-state index contributed by atoms with van der Waals surface area (Å²) in [6, 6.07) is 3.47. The number of aliphatic hydroxyl groups is 1. The predicted octanol–water partition coefficient (Wildman–Crippen LogP) is 1.48. The van der Waals surface area contributed by atoms with E-state index in [1.54, 1.807) is 6.07 Å². The minimum Gasteiger partial charge on any atom is -0.507 e. The Morgan fingerprint density at radius 2 is 2.06 bits per heavy atom. The van der Waals surface area contributed by atoms with E-state index in [1.807, 2.05) is 6.07 Å². The smallest absolute Gasteiger partial charge is 0.339 e. The number of aromatic hydroxyl groups is 1. The lowest BCUT2D eigenvalue weighted by Crippen LogP contribution is -2.15. The zero-order valence-corrected chi connectivity index (χ0v) is 9.77. The third kappa shape index (κ3) is 2.13. The lowest BCUT2D eigenvalue weighted by molar-refractivity contribution is -0.150. The van der Waals surface area contributed by atoms with Crippen molar-refractivity contribution in [3.63, 3.8) is 0 Å². The Labute approximate surface area is 99.8 Å². The molecule has 0 fully saturated rings. The normalized spacial score (nSPS) is 16.1.